The van der Waals surface area contributed by atoms with E-state index in [1.54, 1.807) is 36.2 Å². The molecule has 3 aromatic carbocycles. The number of para-hydroxylation sites is 1. The van der Waals surface area contributed by atoms with E-state index >= 15 is 0 Å². The lowest BCUT2D eigenvalue weighted by atomic mass is 9.90. The number of nitrogens with one attached hydrogen (secondary N) is 2. The van der Waals surface area contributed by atoms with Crippen LogP contribution in [-0.2, 0) is 4.79 Å². The van der Waals surface area contributed by atoms with Crippen LogP contribution in [0.3, 0.4) is 0 Å². The Morgan fingerprint density at radius 3 is 2.15 bits per heavy atom. The van der Waals surface area contributed by atoms with E-state index < -0.39 is 11.8 Å². The number of benzene rings is 3. The molecule has 0 saturated carbocycles. The van der Waals surface area contributed by atoms with Gasteiger partial charge in [0.15, 0.2) is 5.82 Å². The standard InChI is InChI=1S/C27H26N4O3/c1-31(27(34)23(19-11-4-2-5-12-19)20-13-6-3-7-14-20)18-10-17-28-26(33)24-29-22-16-9-8-15-21(22)25(32)30-24/h2-9,11-16,23H,10,17-18H2,1H3,(H,28,33)(H,29,30,32). The van der Waals surface area contributed by atoms with Crippen LogP contribution in [0.15, 0.2) is 89.7 Å². The Kier molecular flexibility index (Phi) is 7.13. The molecule has 0 fully saturated rings. The smallest absolute Gasteiger partial charge is 0.287 e. The van der Waals surface area contributed by atoms with E-state index in [1.165, 1.54) is 0 Å². The normalized spacial score (nSPS) is 10.9. The van der Waals surface area contributed by atoms with Crippen molar-refractivity contribution in [2.75, 3.05) is 20.1 Å². The molecule has 4 aromatic rings. The fraction of sp³-hybridized carbons (Fsp3) is 0.185. The first-order valence-corrected chi connectivity index (χ1v) is 11.2. The molecule has 2 N–H and O–H groups in total. The average molecular weight is 455 g/mol. The van der Waals surface area contributed by atoms with Gasteiger partial charge in [0.1, 0.15) is 0 Å². The van der Waals surface area contributed by atoms with Gasteiger partial charge in [-0.2, -0.15) is 0 Å². The highest BCUT2D eigenvalue weighted by Gasteiger charge is 2.25. The Bertz CT molecular complexity index is 1300. The number of H-pyrrole nitrogens is 1. The molecular weight excluding hydrogens is 428 g/mol. The van der Waals surface area contributed by atoms with E-state index in [0.29, 0.717) is 30.4 Å². The van der Waals surface area contributed by atoms with Gasteiger partial charge < -0.3 is 15.2 Å². The van der Waals surface area contributed by atoms with E-state index in [2.05, 4.69) is 15.3 Å². The zero-order valence-electron chi connectivity index (χ0n) is 18.9. The van der Waals surface area contributed by atoms with Gasteiger partial charge in [0.25, 0.3) is 11.5 Å². The second-order valence-corrected chi connectivity index (χ2v) is 8.06. The van der Waals surface area contributed by atoms with E-state index in [1.807, 2.05) is 60.7 Å². The number of carbonyl (C=O) groups is 2. The summed E-state index contributed by atoms with van der Waals surface area (Å²) in [5.41, 5.74) is 1.99. The van der Waals surface area contributed by atoms with Crippen molar-refractivity contribution in [3.63, 3.8) is 0 Å². The van der Waals surface area contributed by atoms with Crippen LogP contribution < -0.4 is 10.9 Å². The molecule has 0 aliphatic heterocycles. The average Bonchev–Trinajstić information content (AvgIpc) is 2.87. The summed E-state index contributed by atoms with van der Waals surface area (Å²) in [6.07, 6.45) is 0.558. The van der Waals surface area contributed by atoms with Crippen molar-refractivity contribution in [1.29, 1.82) is 0 Å². The summed E-state index contributed by atoms with van der Waals surface area (Å²) in [4.78, 5) is 46.4. The van der Waals surface area contributed by atoms with Crippen molar-refractivity contribution in [2.24, 2.45) is 0 Å². The zero-order chi connectivity index (χ0) is 23.9. The summed E-state index contributed by atoms with van der Waals surface area (Å²) in [6.45, 7) is 0.811. The number of carbonyl (C=O) groups excluding carboxylic acids is 2. The van der Waals surface area contributed by atoms with E-state index in [-0.39, 0.29) is 17.3 Å². The number of amides is 2. The van der Waals surface area contributed by atoms with Gasteiger partial charge in [-0.05, 0) is 29.7 Å². The molecule has 1 aromatic heterocycles. The fourth-order valence-corrected chi connectivity index (χ4v) is 3.89. The third-order valence-electron chi connectivity index (χ3n) is 5.67. The number of nitrogens with zero attached hydrogens (tertiary/aromatic N) is 2. The molecule has 7 heteroatoms. The monoisotopic (exact) mass is 454 g/mol. The van der Waals surface area contributed by atoms with Crippen molar-refractivity contribution < 1.29 is 9.59 Å². The maximum atomic E-state index is 13.3. The van der Waals surface area contributed by atoms with Gasteiger partial charge >= 0.3 is 0 Å². The Hall–Kier alpha value is -4.26. The van der Waals surface area contributed by atoms with Crippen molar-refractivity contribution in [3.8, 4) is 0 Å². The molecule has 0 spiro atoms. The van der Waals surface area contributed by atoms with Crippen LogP contribution in [0.5, 0.6) is 0 Å². The molecular formula is C27H26N4O3. The van der Waals surface area contributed by atoms with Gasteiger partial charge in [0.05, 0.1) is 16.8 Å². The molecule has 0 radical (unpaired) electrons. The summed E-state index contributed by atoms with van der Waals surface area (Å²) in [7, 11) is 1.77. The van der Waals surface area contributed by atoms with Crippen molar-refractivity contribution in [3.05, 3.63) is 112 Å². The maximum absolute atomic E-state index is 13.3. The molecule has 0 unspecified atom stereocenters. The number of fused-ring (bicyclic) bond motifs is 1. The van der Waals surface area contributed by atoms with Gasteiger partial charge in [-0.25, -0.2) is 4.98 Å². The predicted molar refractivity (Wildman–Crippen MR) is 132 cm³/mol. The minimum absolute atomic E-state index is 0.00995. The van der Waals surface area contributed by atoms with E-state index in [9.17, 15) is 14.4 Å². The number of hydrogen-bond acceptors (Lipinski definition) is 4. The van der Waals surface area contributed by atoms with Gasteiger partial charge in [-0.1, -0.05) is 72.8 Å². The van der Waals surface area contributed by atoms with E-state index in [0.717, 1.165) is 11.1 Å². The lowest BCUT2D eigenvalue weighted by Gasteiger charge is -2.24. The first-order chi connectivity index (χ1) is 16.5. The summed E-state index contributed by atoms with van der Waals surface area (Å²) in [5.74, 6) is -0.886. The molecule has 0 saturated heterocycles. The Morgan fingerprint density at radius 1 is 0.912 bits per heavy atom. The van der Waals surface area contributed by atoms with Crippen LogP contribution in [-0.4, -0.2) is 46.8 Å². The summed E-state index contributed by atoms with van der Waals surface area (Å²) < 4.78 is 0. The van der Waals surface area contributed by atoms with Gasteiger partial charge in [0.2, 0.25) is 5.91 Å². The highest BCUT2D eigenvalue weighted by atomic mass is 16.2. The van der Waals surface area contributed by atoms with Crippen LogP contribution in [0, 0.1) is 0 Å². The highest BCUT2D eigenvalue weighted by molar-refractivity contribution is 5.92. The predicted octanol–water partition coefficient (Wildman–Crippen LogP) is 3.33. The topological polar surface area (TPSA) is 95.2 Å². The zero-order valence-corrected chi connectivity index (χ0v) is 18.9. The van der Waals surface area contributed by atoms with E-state index in [4.69, 9.17) is 0 Å². The molecule has 0 aliphatic carbocycles. The Balaban J connectivity index is 1.36. The lowest BCUT2D eigenvalue weighted by molar-refractivity contribution is -0.130. The fourth-order valence-electron chi connectivity index (χ4n) is 3.89. The Morgan fingerprint density at radius 2 is 1.50 bits per heavy atom. The van der Waals surface area contributed by atoms with Crippen LogP contribution >= 0.6 is 0 Å². The number of hydrogen-bond donors (Lipinski definition) is 2. The maximum Gasteiger partial charge on any atom is 0.287 e. The first kappa shape index (κ1) is 22.9. The minimum atomic E-state index is -0.455. The summed E-state index contributed by atoms with van der Waals surface area (Å²) >= 11 is 0. The molecule has 4 rings (SSSR count). The molecule has 0 bridgehead atoms. The van der Waals surface area contributed by atoms with Crippen LogP contribution in [0.2, 0.25) is 0 Å². The van der Waals surface area contributed by atoms with Crippen LogP contribution in [0.1, 0.15) is 34.1 Å². The number of likely N-dealkylation sites (N-methyl/N-ethyl adjacent to an activating group) is 1. The number of rotatable bonds is 8. The highest BCUT2D eigenvalue weighted by Crippen LogP contribution is 2.26. The van der Waals surface area contributed by atoms with Gasteiger partial charge in [-0.15, -0.1) is 0 Å². The molecule has 7 nitrogen and oxygen atoms in total. The summed E-state index contributed by atoms with van der Waals surface area (Å²) in [5, 5.41) is 3.20. The van der Waals surface area contributed by atoms with Crippen molar-refractivity contribution in [2.45, 2.75) is 12.3 Å². The quantitative estimate of drug-likeness (QED) is 0.399. The van der Waals surface area contributed by atoms with Gasteiger partial charge in [0, 0.05) is 20.1 Å². The number of aromatic nitrogens is 2. The molecule has 0 aliphatic rings. The largest absolute Gasteiger partial charge is 0.349 e. The third-order valence-corrected chi connectivity index (χ3v) is 5.67. The van der Waals surface area contributed by atoms with Crippen molar-refractivity contribution >= 4 is 22.7 Å². The second-order valence-electron chi connectivity index (χ2n) is 8.06. The van der Waals surface area contributed by atoms with Crippen LogP contribution in [0.4, 0.5) is 0 Å². The molecule has 1 heterocycles. The molecule has 34 heavy (non-hydrogen) atoms. The van der Waals surface area contributed by atoms with Gasteiger partial charge in [-0.3, -0.25) is 14.4 Å². The van der Waals surface area contributed by atoms with Crippen LogP contribution in [0.25, 0.3) is 10.9 Å². The third kappa shape index (κ3) is 5.20. The number of aromatic amines is 1. The molecule has 172 valence electrons. The molecule has 2 amide bonds. The lowest BCUT2D eigenvalue weighted by Crippen LogP contribution is -2.35. The minimum Gasteiger partial charge on any atom is -0.349 e. The summed E-state index contributed by atoms with van der Waals surface area (Å²) in [6, 6.07) is 26.3. The SMILES string of the molecule is CN(CCCNC(=O)c1nc2ccccc2c(=O)[nH]1)C(=O)C(c1ccccc1)c1ccccc1. The second kappa shape index (κ2) is 10.6. The van der Waals surface area contributed by atoms with Crippen molar-refractivity contribution in [1.82, 2.24) is 20.2 Å². The molecule has 0 atom stereocenters. The Labute approximate surface area is 197 Å². The first-order valence-electron chi connectivity index (χ1n) is 11.2.